The second kappa shape index (κ2) is 6.40. The summed E-state index contributed by atoms with van der Waals surface area (Å²) < 4.78 is 0. The van der Waals surface area contributed by atoms with Gasteiger partial charge in [-0.2, -0.15) is 0 Å². The summed E-state index contributed by atoms with van der Waals surface area (Å²) in [7, 11) is 2.08. The SMILES string of the molecule is CCc1ccc(CN(C)CN2C(=O)C[C@@H](C)[C@@H]2C)cc1. The molecular weight excluding hydrogens is 248 g/mol. The number of benzene rings is 1. The van der Waals surface area contributed by atoms with Crippen LogP contribution in [0.4, 0.5) is 0 Å². The quantitative estimate of drug-likeness (QED) is 0.824. The molecule has 1 aliphatic rings. The first kappa shape index (κ1) is 15.0. The number of hydrogen-bond acceptors (Lipinski definition) is 2. The molecular formula is C17H26N2O. The van der Waals surface area contributed by atoms with E-state index in [2.05, 4.69) is 57.0 Å². The first-order valence-electron chi connectivity index (χ1n) is 7.57. The fourth-order valence-corrected chi connectivity index (χ4v) is 2.81. The van der Waals surface area contributed by atoms with E-state index in [9.17, 15) is 4.79 Å². The van der Waals surface area contributed by atoms with Gasteiger partial charge in [-0.15, -0.1) is 0 Å². The summed E-state index contributed by atoms with van der Waals surface area (Å²) in [6, 6.07) is 9.11. The Labute approximate surface area is 122 Å². The molecule has 1 aromatic rings. The molecule has 110 valence electrons. The molecule has 1 aromatic carbocycles. The van der Waals surface area contributed by atoms with E-state index in [1.165, 1.54) is 11.1 Å². The molecule has 0 spiro atoms. The molecule has 1 heterocycles. The first-order chi connectivity index (χ1) is 9.51. The van der Waals surface area contributed by atoms with Crippen LogP contribution in [0.15, 0.2) is 24.3 Å². The zero-order valence-corrected chi connectivity index (χ0v) is 13.1. The Morgan fingerprint density at radius 3 is 2.30 bits per heavy atom. The molecule has 2 rings (SSSR count). The summed E-state index contributed by atoms with van der Waals surface area (Å²) in [5, 5.41) is 0. The summed E-state index contributed by atoms with van der Waals surface area (Å²) in [5.41, 5.74) is 2.67. The van der Waals surface area contributed by atoms with Gasteiger partial charge in [0.25, 0.3) is 0 Å². The molecule has 3 heteroatoms. The van der Waals surface area contributed by atoms with Crippen molar-refractivity contribution in [3.63, 3.8) is 0 Å². The smallest absolute Gasteiger partial charge is 0.224 e. The van der Waals surface area contributed by atoms with Crippen molar-refractivity contribution in [3.05, 3.63) is 35.4 Å². The van der Waals surface area contributed by atoms with Crippen molar-refractivity contribution >= 4 is 5.91 Å². The molecule has 0 saturated carbocycles. The zero-order chi connectivity index (χ0) is 14.7. The van der Waals surface area contributed by atoms with E-state index in [0.29, 0.717) is 18.4 Å². The maximum Gasteiger partial charge on any atom is 0.224 e. The topological polar surface area (TPSA) is 23.6 Å². The summed E-state index contributed by atoms with van der Waals surface area (Å²) in [4.78, 5) is 16.2. The zero-order valence-electron chi connectivity index (χ0n) is 13.1. The number of carbonyl (C=O) groups is 1. The van der Waals surface area contributed by atoms with Gasteiger partial charge in [-0.3, -0.25) is 9.69 Å². The molecule has 2 atom stereocenters. The molecule has 1 saturated heterocycles. The van der Waals surface area contributed by atoms with Crippen LogP contribution in [0, 0.1) is 5.92 Å². The summed E-state index contributed by atoms with van der Waals surface area (Å²) >= 11 is 0. The van der Waals surface area contributed by atoms with Gasteiger partial charge in [0.1, 0.15) is 0 Å². The lowest BCUT2D eigenvalue weighted by Gasteiger charge is -2.29. The molecule has 20 heavy (non-hydrogen) atoms. The van der Waals surface area contributed by atoms with E-state index in [0.717, 1.165) is 19.6 Å². The highest BCUT2D eigenvalue weighted by Gasteiger charge is 2.34. The predicted molar refractivity (Wildman–Crippen MR) is 82.2 cm³/mol. The number of hydrogen-bond donors (Lipinski definition) is 0. The van der Waals surface area contributed by atoms with E-state index in [-0.39, 0.29) is 5.91 Å². The van der Waals surface area contributed by atoms with Gasteiger partial charge in [-0.05, 0) is 37.4 Å². The van der Waals surface area contributed by atoms with Gasteiger partial charge in [0.05, 0.1) is 6.67 Å². The Hall–Kier alpha value is -1.35. The highest BCUT2D eigenvalue weighted by Crippen LogP contribution is 2.24. The molecule has 0 aliphatic carbocycles. The second-order valence-corrected chi connectivity index (χ2v) is 6.11. The molecule has 1 amide bonds. The average Bonchev–Trinajstić information content (AvgIpc) is 2.66. The van der Waals surface area contributed by atoms with E-state index in [1.807, 2.05) is 4.90 Å². The van der Waals surface area contributed by atoms with Gasteiger partial charge in [0, 0.05) is 19.0 Å². The third kappa shape index (κ3) is 3.40. The highest BCUT2D eigenvalue weighted by molar-refractivity contribution is 5.79. The molecule has 0 N–H and O–H groups in total. The van der Waals surface area contributed by atoms with Gasteiger partial charge < -0.3 is 4.90 Å². The Morgan fingerprint density at radius 2 is 1.80 bits per heavy atom. The van der Waals surface area contributed by atoms with Crippen LogP contribution < -0.4 is 0 Å². The number of likely N-dealkylation sites (tertiary alicyclic amines) is 1. The first-order valence-corrected chi connectivity index (χ1v) is 7.57. The van der Waals surface area contributed by atoms with Crippen molar-refractivity contribution in [2.75, 3.05) is 13.7 Å². The fraction of sp³-hybridized carbons (Fsp3) is 0.588. The number of aryl methyl sites for hydroxylation is 1. The van der Waals surface area contributed by atoms with Gasteiger partial charge in [0.15, 0.2) is 0 Å². The third-order valence-corrected chi connectivity index (χ3v) is 4.41. The maximum absolute atomic E-state index is 12.0. The molecule has 0 bridgehead atoms. The number of carbonyl (C=O) groups excluding carboxylic acids is 1. The normalized spacial score (nSPS) is 22.9. The van der Waals surface area contributed by atoms with Crippen LogP contribution in [0.1, 0.15) is 38.3 Å². The van der Waals surface area contributed by atoms with Crippen LogP contribution >= 0.6 is 0 Å². The lowest BCUT2D eigenvalue weighted by molar-refractivity contribution is -0.130. The Bertz CT molecular complexity index is 455. The minimum atomic E-state index is 0.290. The molecule has 0 unspecified atom stereocenters. The van der Waals surface area contributed by atoms with Crippen LogP contribution in [0.3, 0.4) is 0 Å². The van der Waals surface area contributed by atoms with Gasteiger partial charge >= 0.3 is 0 Å². The lowest BCUT2D eigenvalue weighted by Crippen LogP contribution is -2.40. The monoisotopic (exact) mass is 274 g/mol. The van der Waals surface area contributed by atoms with Gasteiger partial charge in [0.2, 0.25) is 5.91 Å². The Morgan fingerprint density at radius 1 is 1.20 bits per heavy atom. The van der Waals surface area contributed by atoms with Crippen molar-refractivity contribution in [1.82, 2.24) is 9.80 Å². The van der Waals surface area contributed by atoms with E-state index < -0.39 is 0 Å². The van der Waals surface area contributed by atoms with Crippen molar-refractivity contribution in [2.24, 2.45) is 5.92 Å². The number of rotatable bonds is 5. The standard InChI is InChI=1S/C17H26N2O/c1-5-15-6-8-16(9-7-15)11-18(4)12-19-14(3)13(2)10-17(19)20/h6-9,13-14H,5,10-12H2,1-4H3/t13-,14+/m1/s1. The molecule has 3 nitrogen and oxygen atoms in total. The summed E-state index contributed by atoms with van der Waals surface area (Å²) in [5.74, 6) is 0.762. The maximum atomic E-state index is 12.0. The fourth-order valence-electron chi connectivity index (χ4n) is 2.81. The van der Waals surface area contributed by atoms with Crippen molar-refractivity contribution in [2.45, 2.75) is 46.2 Å². The van der Waals surface area contributed by atoms with Crippen LogP contribution in [0.25, 0.3) is 0 Å². The lowest BCUT2D eigenvalue weighted by atomic mass is 10.1. The number of nitrogens with zero attached hydrogens (tertiary/aromatic N) is 2. The molecule has 0 radical (unpaired) electrons. The van der Waals surface area contributed by atoms with Crippen molar-refractivity contribution in [3.8, 4) is 0 Å². The van der Waals surface area contributed by atoms with Crippen LogP contribution in [-0.2, 0) is 17.8 Å². The largest absolute Gasteiger partial charge is 0.327 e. The van der Waals surface area contributed by atoms with E-state index in [1.54, 1.807) is 0 Å². The van der Waals surface area contributed by atoms with E-state index >= 15 is 0 Å². The van der Waals surface area contributed by atoms with Crippen LogP contribution in [0.2, 0.25) is 0 Å². The minimum Gasteiger partial charge on any atom is -0.327 e. The third-order valence-electron chi connectivity index (χ3n) is 4.41. The van der Waals surface area contributed by atoms with Crippen LogP contribution in [-0.4, -0.2) is 35.5 Å². The van der Waals surface area contributed by atoms with Crippen LogP contribution in [0.5, 0.6) is 0 Å². The van der Waals surface area contributed by atoms with Crippen molar-refractivity contribution in [1.29, 1.82) is 0 Å². The highest BCUT2D eigenvalue weighted by atomic mass is 16.2. The summed E-state index contributed by atoms with van der Waals surface area (Å²) in [6.45, 7) is 8.09. The van der Waals surface area contributed by atoms with Gasteiger partial charge in [-0.1, -0.05) is 38.1 Å². The Balaban J connectivity index is 1.91. The predicted octanol–water partition coefficient (Wildman–Crippen LogP) is 2.90. The van der Waals surface area contributed by atoms with E-state index in [4.69, 9.17) is 0 Å². The molecule has 0 aromatic heterocycles. The average molecular weight is 274 g/mol. The minimum absolute atomic E-state index is 0.290. The van der Waals surface area contributed by atoms with Gasteiger partial charge in [-0.25, -0.2) is 0 Å². The number of amides is 1. The molecule has 1 fully saturated rings. The molecule has 1 aliphatic heterocycles. The second-order valence-electron chi connectivity index (χ2n) is 6.11. The van der Waals surface area contributed by atoms with Crippen molar-refractivity contribution < 1.29 is 4.79 Å². The Kier molecular flexibility index (Phi) is 4.81. The summed E-state index contributed by atoms with van der Waals surface area (Å²) in [6.07, 6.45) is 1.77.